The molecule has 0 heterocycles. The Balaban J connectivity index is 1.61. The fraction of sp³-hybridized carbons (Fsp3) is 0.952. The summed E-state index contributed by atoms with van der Waals surface area (Å²) in [5.74, 6) is 4.18. The molecule has 0 aromatic heterocycles. The number of ketones is 1. The molecule has 0 bridgehead atoms. The number of carbonyl (C=O) groups is 1. The van der Waals surface area contributed by atoms with Crippen LogP contribution in [0.1, 0.15) is 78.6 Å². The number of aliphatic hydroxyl groups excluding tert-OH is 1. The van der Waals surface area contributed by atoms with Gasteiger partial charge in [-0.3, -0.25) is 4.79 Å². The zero-order valence-corrected chi connectivity index (χ0v) is 15.2. The molecule has 8 atom stereocenters. The lowest BCUT2D eigenvalue weighted by molar-refractivity contribution is -0.141. The van der Waals surface area contributed by atoms with Crippen molar-refractivity contribution in [3.8, 4) is 0 Å². The predicted octanol–water partition coefficient (Wildman–Crippen LogP) is 4.60. The third-order valence-corrected chi connectivity index (χ3v) is 9.14. The Morgan fingerprint density at radius 2 is 1.74 bits per heavy atom. The summed E-state index contributed by atoms with van der Waals surface area (Å²) in [7, 11) is 0. The van der Waals surface area contributed by atoms with Crippen LogP contribution in [0.15, 0.2) is 0 Å². The average Bonchev–Trinajstić information content (AvgIpc) is 2.85. The number of aliphatic hydroxyl groups is 1. The molecule has 0 spiro atoms. The molecule has 4 aliphatic carbocycles. The van der Waals surface area contributed by atoms with E-state index in [9.17, 15) is 9.90 Å². The number of rotatable bonds is 1. The topological polar surface area (TPSA) is 37.3 Å². The SMILES string of the molecule is CC(O)C1CCC2C3CCC4CC(=O)CCC4(C)C3CCC12C. The van der Waals surface area contributed by atoms with Crippen LogP contribution in [-0.4, -0.2) is 17.0 Å². The third-order valence-electron chi connectivity index (χ3n) is 9.14. The Labute approximate surface area is 141 Å². The molecule has 8 unspecified atom stereocenters. The highest BCUT2D eigenvalue weighted by Crippen LogP contribution is 2.67. The van der Waals surface area contributed by atoms with Gasteiger partial charge in [-0.15, -0.1) is 0 Å². The van der Waals surface area contributed by atoms with Crippen molar-refractivity contribution in [1.82, 2.24) is 0 Å². The summed E-state index contributed by atoms with van der Waals surface area (Å²) in [5.41, 5.74) is 0.782. The van der Waals surface area contributed by atoms with Gasteiger partial charge in [0.25, 0.3) is 0 Å². The molecule has 4 rings (SSSR count). The molecule has 0 amide bonds. The molecule has 130 valence electrons. The van der Waals surface area contributed by atoms with Gasteiger partial charge in [0.2, 0.25) is 0 Å². The summed E-state index contributed by atoms with van der Waals surface area (Å²) in [6.07, 6.45) is 10.5. The van der Waals surface area contributed by atoms with Gasteiger partial charge in [0.15, 0.2) is 0 Å². The van der Waals surface area contributed by atoms with Crippen LogP contribution in [0, 0.1) is 40.4 Å². The lowest BCUT2D eigenvalue weighted by Crippen LogP contribution is -2.54. The lowest BCUT2D eigenvalue weighted by Gasteiger charge is -2.60. The molecule has 0 saturated heterocycles. The zero-order valence-electron chi connectivity index (χ0n) is 15.2. The minimum absolute atomic E-state index is 0.152. The molecule has 0 aromatic carbocycles. The zero-order chi connectivity index (χ0) is 16.4. The van der Waals surface area contributed by atoms with E-state index in [4.69, 9.17) is 0 Å². The molecule has 2 nitrogen and oxygen atoms in total. The third kappa shape index (κ3) is 2.19. The van der Waals surface area contributed by atoms with Gasteiger partial charge in [0, 0.05) is 12.8 Å². The molecule has 0 radical (unpaired) electrons. The van der Waals surface area contributed by atoms with Gasteiger partial charge in [-0.1, -0.05) is 13.8 Å². The molecule has 1 N–H and O–H groups in total. The van der Waals surface area contributed by atoms with Gasteiger partial charge in [-0.05, 0) is 92.3 Å². The van der Waals surface area contributed by atoms with E-state index in [1.165, 1.54) is 38.5 Å². The molecule has 4 saturated carbocycles. The summed E-state index contributed by atoms with van der Waals surface area (Å²) < 4.78 is 0. The van der Waals surface area contributed by atoms with E-state index in [-0.39, 0.29) is 6.10 Å². The number of hydrogen-bond acceptors (Lipinski definition) is 2. The van der Waals surface area contributed by atoms with Crippen molar-refractivity contribution >= 4 is 5.78 Å². The van der Waals surface area contributed by atoms with Crippen molar-refractivity contribution in [3.63, 3.8) is 0 Å². The van der Waals surface area contributed by atoms with Gasteiger partial charge in [0.1, 0.15) is 5.78 Å². The van der Waals surface area contributed by atoms with E-state index in [1.807, 2.05) is 6.92 Å². The Bertz CT molecular complexity index is 498. The van der Waals surface area contributed by atoms with E-state index in [0.717, 1.165) is 37.0 Å². The van der Waals surface area contributed by atoms with Crippen molar-refractivity contribution in [1.29, 1.82) is 0 Å². The maximum absolute atomic E-state index is 11.9. The second kappa shape index (κ2) is 5.31. The van der Waals surface area contributed by atoms with Crippen molar-refractivity contribution in [3.05, 3.63) is 0 Å². The summed E-state index contributed by atoms with van der Waals surface area (Å²) in [6.45, 7) is 7.01. The predicted molar refractivity (Wildman–Crippen MR) is 91.9 cm³/mol. The first-order valence-corrected chi connectivity index (χ1v) is 10.1. The molecule has 0 aromatic rings. The highest BCUT2D eigenvalue weighted by Gasteiger charge is 2.60. The Morgan fingerprint density at radius 1 is 1.00 bits per heavy atom. The van der Waals surface area contributed by atoms with Gasteiger partial charge in [-0.2, -0.15) is 0 Å². The smallest absolute Gasteiger partial charge is 0.133 e. The van der Waals surface area contributed by atoms with E-state index < -0.39 is 0 Å². The van der Waals surface area contributed by atoms with Crippen LogP contribution in [-0.2, 0) is 4.79 Å². The Morgan fingerprint density at radius 3 is 2.48 bits per heavy atom. The highest BCUT2D eigenvalue weighted by molar-refractivity contribution is 5.79. The van der Waals surface area contributed by atoms with Gasteiger partial charge < -0.3 is 5.11 Å². The number of Topliss-reactive ketones (excluding diaryl/α,β-unsaturated/α-hetero) is 1. The maximum Gasteiger partial charge on any atom is 0.133 e. The number of fused-ring (bicyclic) bond motifs is 5. The molecule has 4 aliphatic rings. The van der Waals surface area contributed by atoms with E-state index >= 15 is 0 Å². The average molecular weight is 319 g/mol. The molecule has 4 fully saturated rings. The first-order valence-electron chi connectivity index (χ1n) is 10.1. The van der Waals surface area contributed by atoms with Crippen LogP contribution in [0.4, 0.5) is 0 Å². The molecule has 2 heteroatoms. The Kier molecular flexibility index (Phi) is 3.72. The number of carbonyl (C=O) groups excluding carboxylic acids is 1. The van der Waals surface area contributed by atoms with Crippen molar-refractivity contribution in [2.24, 2.45) is 40.4 Å². The molecular weight excluding hydrogens is 284 g/mol. The van der Waals surface area contributed by atoms with Crippen LogP contribution >= 0.6 is 0 Å². The number of hydrogen-bond donors (Lipinski definition) is 1. The summed E-state index contributed by atoms with van der Waals surface area (Å²) >= 11 is 0. The maximum atomic E-state index is 11.9. The second-order valence-electron chi connectivity index (χ2n) is 9.87. The van der Waals surface area contributed by atoms with E-state index in [1.54, 1.807) is 0 Å². The van der Waals surface area contributed by atoms with Crippen LogP contribution in [0.25, 0.3) is 0 Å². The first-order chi connectivity index (χ1) is 10.9. The van der Waals surface area contributed by atoms with Crippen molar-refractivity contribution < 1.29 is 9.90 Å². The molecule has 23 heavy (non-hydrogen) atoms. The largest absolute Gasteiger partial charge is 0.393 e. The standard InChI is InChI=1S/C21H34O2/c1-13(22)17-6-7-18-16-5-4-14-12-15(23)8-10-20(14,2)19(16)9-11-21(17,18)3/h13-14,16-19,22H,4-12H2,1-3H3. The van der Waals surface area contributed by atoms with Gasteiger partial charge in [-0.25, -0.2) is 0 Å². The first kappa shape index (κ1) is 16.1. The fourth-order valence-electron chi connectivity index (χ4n) is 7.88. The quantitative estimate of drug-likeness (QED) is 0.767. The summed E-state index contributed by atoms with van der Waals surface area (Å²) in [5, 5.41) is 10.3. The van der Waals surface area contributed by atoms with Crippen LogP contribution in [0.5, 0.6) is 0 Å². The minimum Gasteiger partial charge on any atom is -0.393 e. The summed E-state index contributed by atoms with van der Waals surface area (Å²) in [4.78, 5) is 11.9. The van der Waals surface area contributed by atoms with Crippen LogP contribution in [0.3, 0.4) is 0 Å². The summed E-state index contributed by atoms with van der Waals surface area (Å²) in [6, 6.07) is 0. The van der Waals surface area contributed by atoms with Crippen LogP contribution in [0.2, 0.25) is 0 Å². The monoisotopic (exact) mass is 318 g/mol. The second-order valence-corrected chi connectivity index (χ2v) is 9.87. The van der Waals surface area contributed by atoms with Gasteiger partial charge >= 0.3 is 0 Å². The molecule has 0 aliphatic heterocycles. The highest BCUT2D eigenvalue weighted by atomic mass is 16.3. The fourth-order valence-corrected chi connectivity index (χ4v) is 7.88. The minimum atomic E-state index is -0.152. The normalized spacial score (nSPS) is 54.1. The van der Waals surface area contributed by atoms with Crippen molar-refractivity contribution in [2.75, 3.05) is 0 Å². The van der Waals surface area contributed by atoms with E-state index in [0.29, 0.717) is 28.4 Å². The Hall–Kier alpha value is -0.370. The van der Waals surface area contributed by atoms with Crippen LogP contribution < -0.4 is 0 Å². The molecular formula is C21H34O2. The lowest BCUT2D eigenvalue weighted by atomic mass is 9.44. The van der Waals surface area contributed by atoms with E-state index in [2.05, 4.69) is 13.8 Å². The van der Waals surface area contributed by atoms with Gasteiger partial charge in [0.05, 0.1) is 6.10 Å². The van der Waals surface area contributed by atoms with Crippen molar-refractivity contribution in [2.45, 2.75) is 84.7 Å².